The van der Waals surface area contributed by atoms with Gasteiger partial charge in [0.15, 0.2) is 0 Å². The number of benzene rings is 1. The Kier molecular flexibility index (Phi) is 3.90. The predicted molar refractivity (Wildman–Crippen MR) is 57.0 cm³/mol. The molecule has 1 rings (SSSR count). The van der Waals surface area contributed by atoms with Gasteiger partial charge in [-0.05, 0) is 24.3 Å². The van der Waals surface area contributed by atoms with Crippen molar-refractivity contribution >= 4 is 17.3 Å². The van der Waals surface area contributed by atoms with E-state index in [1.807, 2.05) is 31.3 Å². The molecule has 0 amide bonds. The standard InChI is InChI=1S/C10H14ClNO/c1-12(8-7-11)9-3-5-10(13-2)6-4-9/h3-6H,7-8H2,1-2H3. The van der Waals surface area contributed by atoms with E-state index in [1.54, 1.807) is 7.11 Å². The zero-order valence-electron chi connectivity index (χ0n) is 7.96. The van der Waals surface area contributed by atoms with E-state index in [0.29, 0.717) is 5.88 Å². The topological polar surface area (TPSA) is 12.5 Å². The zero-order chi connectivity index (χ0) is 9.68. The van der Waals surface area contributed by atoms with Crippen LogP contribution in [0.4, 0.5) is 5.69 Å². The summed E-state index contributed by atoms with van der Waals surface area (Å²) in [4.78, 5) is 2.10. The van der Waals surface area contributed by atoms with Crippen LogP contribution in [0.2, 0.25) is 0 Å². The molecule has 0 atom stereocenters. The molecule has 13 heavy (non-hydrogen) atoms. The highest BCUT2D eigenvalue weighted by molar-refractivity contribution is 6.18. The van der Waals surface area contributed by atoms with Crippen LogP contribution in [0.3, 0.4) is 0 Å². The molecule has 0 heterocycles. The van der Waals surface area contributed by atoms with Gasteiger partial charge in [-0.3, -0.25) is 0 Å². The maximum atomic E-state index is 5.64. The van der Waals surface area contributed by atoms with Crippen molar-refractivity contribution in [2.75, 3.05) is 31.5 Å². The molecule has 0 fully saturated rings. The van der Waals surface area contributed by atoms with E-state index in [-0.39, 0.29) is 0 Å². The first-order chi connectivity index (χ1) is 6.27. The number of alkyl halides is 1. The number of halogens is 1. The number of hydrogen-bond donors (Lipinski definition) is 0. The summed E-state index contributed by atoms with van der Waals surface area (Å²) in [6.45, 7) is 0.855. The Hall–Kier alpha value is -0.890. The van der Waals surface area contributed by atoms with Crippen molar-refractivity contribution in [2.45, 2.75) is 0 Å². The fraction of sp³-hybridized carbons (Fsp3) is 0.400. The minimum Gasteiger partial charge on any atom is -0.497 e. The van der Waals surface area contributed by atoms with E-state index < -0.39 is 0 Å². The van der Waals surface area contributed by atoms with Crippen LogP contribution in [-0.2, 0) is 0 Å². The molecule has 0 N–H and O–H groups in total. The third-order valence-electron chi connectivity index (χ3n) is 1.93. The van der Waals surface area contributed by atoms with Gasteiger partial charge in [0, 0.05) is 25.2 Å². The van der Waals surface area contributed by atoms with Gasteiger partial charge in [0.1, 0.15) is 5.75 Å². The van der Waals surface area contributed by atoms with Crippen molar-refractivity contribution in [3.8, 4) is 5.75 Å². The molecule has 0 bridgehead atoms. The summed E-state index contributed by atoms with van der Waals surface area (Å²) in [7, 11) is 3.68. The highest BCUT2D eigenvalue weighted by Gasteiger charge is 1.99. The van der Waals surface area contributed by atoms with Gasteiger partial charge in [-0.15, -0.1) is 11.6 Å². The number of anilines is 1. The zero-order valence-corrected chi connectivity index (χ0v) is 8.71. The molecule has 0 aliphatic heterocycles. The monoisotopic (exact) mass is 199 g/mol. The number of rotatable bonds is 4. The van der Waals surface area contributed by atoms with E-state index in [2.05, 4.69) is 4.90 Å². The second-order valence-electron chi connectivity index (χ2n) is 2.81. The van der Waals surface area contributed by atoms with Crippen LogP contribution < -0.4 is 9.64 Å². The lowest BCUT2D eigenvalue weighted by Gasteiger charge is -2.17. The van der Waals surface area contributed by atoms with Gasteiger partial charge in [-0.2, -0.15) is 0 Å². The molecule has 0 aromatic heterocycles. The Morgan fingerprint density at radius 2 is 1.92 bits per heavy atom. The molecule has 0 unspecified atom stereocenters. The van der Waals surface area contributed by atoms with Crippen LogP contribution in [0, 0.1) is 0 Å². The second kappa shape index (κ2) is 4.97. The molecule has 3 heteroatoms. The van der Waals surface area contributed by atoms with Gasteiger partial charge >= 0.3 is 0 Å². The smallest absolute Gasteiger partial charge is 0.119 e. The molecule has 0 aliphatic rings. The second-order valence-corrected chi connectivity index (χ2v) is 3.19. The summed E-state index contributed by atoms with van der Waals surface area (Å²) >= 11 is 5.64. The Labute approximate surface area is 84.1 Å². The van der Waals surface area contributed by atoms with E-state index in [9.17, 15) is 0 Å². The fourth-order valence-electron chi connectivity index (χ4n) is 1.09. The summed E-state index contributed by atoms with van der Waals surface area (Å²) in [5.74, 6) is 1.52. The lowest BCUT2D eigenvalue weighted by atomic mass is 10.3. The minimum atomic E-state index is 0.641. The largest absolute Gasteiger partial charge is 0.497 e. The minimum absolute atomic E-state index is 0.641. The average Bonchev–Trinajstić information content (AvgIpc) is 2.18. The molecule has 0 spiro atoms. The summed E-state index contributed by atoms with van der Waals surface area (Å²) in [5.41, 5.74) is 1.15. The van der Waals surface area contributed by atoms with Gasteiger partial charge in [0.2, 0.25) is 0 Å². The van der Waals surface area contributed by atoms with Gasteiger partial charge in [0.25, 0.3) is 0 Å². The number of methoxy groups -OCH3 is 1. The number of nitrogens with zero attached hydrogens (tertiary/aromatic N) is 1. The van der Waals surface area contributed by atoms with Gasteiger partial charge in [-0.1, -0.05) is 0 Å². The molecule has 0 radical (unpaired) electrons. The van der Waals surface area contributed by atoms with Crippen molar-refractivity contribution in [1.29, 1.82) is 0 Å². The Morgan fingerprint density at radius 1 is 1.31 bits per heavy atom. The van der Waals surface area contributed by atoms with Crippen LogP contribution in [-0.4, -0.2) is 26.6 Å². The maximum absolute atomic E-state index is 5.64. The van der Waals surface area contributed by atoms with Crippen molar-refractivity contribution in [3.05, 3.63) is 24.3 Å². The molecular formula is C10H14ClNO. The highest BCUT2D eigenvalue weighted by Crippen LogP contribution is 2.17. The Morgan fingerprint density at radius 3 is 2.38 bits per heavy atom. The molecular weight excluding hydrogens is 186 g/mol. The fourth-order valence-corrected chi connectivity index (χ4v) is 1.35. The quantitative estimate of drug-likeness (QED) is 0.691. The van der Waals surface area contributed by atoms with Crippen molar-refractivity contribution in [2.24, 2.45) is 0 Å². The Balaban J connectivity index is 2.67. The molecule has 1 aromatic carbocycles. The van der Waals surface area contributed by atoms with E-state index in [0.717, 1.165) is 18.0 Å². The summed E-state index contributed by atoms with van der Waals surface area (Å²) in [6, 6.07) is 7.93. The molecule has 1 aromatic rings. The molecule has 0 saturated heterocycles. The van der Waals surface area contributed by atoms with Crippen molar-refractivity contribution < 1.29 is 4.74 Å². The summed E-state index contributed by atoms with van der Waals surface area (Å²) in [5, 5.41) is 0. The van der Waals surface area contributed by atoms with E-state index in [4.69, 9.17) is 16.3 Å². The average molecular weight is 200 g/mol. The predicted octanol–water partition coefficient (Wildman–Crippen LogP) is 2.37. The first kappa shape index (κ1) is 10.2. The lowest BCUT2D eigenvalue weighted by Crippen LogP contribution is -2.19. The summed E-state index contributed by atoms with van der Waals surface area (Å²) < 4.78 is 5.06. The number of hydrogen-bond acceptors (Lipinski definition) is 2. The molecule has 72 valence electrons. The molecule has 2 nitrogen and oxygen atoms in total. The van der Waals surface area contributed by atoms with Crippen LogP contribution in [0.15, 0.2) is 24.3 Å². The maximum Gasteiger partial charge on any atom is 0.119 e. The molecule has 0 aliphatic carbocycles. The first-order valence-corrected chi connectivity index (χ1v) is 4.72. The van der Waals surface area contributed by atoms with Crippen LogP contribution in [0.1, 0.15) is 0 Å². The van der Waals surface area contributed by atoms with E-state index in [1.165, 1.54) is 0 Å². The van der Waals surface area contributed by atoms with Crippen LogP contribution in [0.25, 0.3) is 0 Å². The van der Waals surface area contributed by atoms with Crippen LogP contribution in [0.5, 0.6) is 5.75 Å². The third-order valence-corrected chi connectivity index (χ3v) is 2.10. The number of ether oxygens (including phenoxy) is 1. The van der Waals surface area contributed by atoms with Crippen molar-refractivity contribution in [3.63, 3.8) is 0 Å². The molecule has 0 saturated carbocycles. The van der Waals surface area contributed by atoms with Crippen molar-refractivity contribution in [1.82, 2.24) is 0 Å². The van der Waals surface area contributed by atoms with Gasteiger partial charge in [-0.25, -0.2) is 0 Å². The SMILES string of the molecule is COc1ccc(N(C)CCCl)cc1. The van der Waals surface area contributed by atoms with Crippen LogP contribution >= 0.6 is 11.6 Å². The van der Waals surface area contributed by atoms with Gasteiger partial charge < -0.3 is 9.64 Å². The normalized spacial score (nSPS) is 9.77. The lowest BCUT2D eigenvalue weighted by molar-refractivity contribution is 0.415. The van der Waals surface area contributed by atoms with Gasteiger partial charge in [0.05, 0.1) is 7.11 Å². The van der Waals surface area contributed by atoms with E-state index >= 15 is 0 Å². The summed E-state index contributed by atoms with van der Waals surface area (Å²) in [6.07, 6.45) is 0. The highest BCUT2D eigenvalue weighted by atomic mass is 35.5. The first-order valence-electron chi connectivity index (χ1n) is 4.19. The Bertz CT molecular complexity index is 248. The third kappa shape index (κ3) is 2.81.